The van der Waals surface area contributed by atoms with Crippen molar-refractivity contribution in [1.82, 2.24) is 10.2 Å². The lowest BCUT2D eigenvalue weighted by Crippen LogP contribution is -2.51. The molecule has 0 radical (unpaired) electrons. The summed E-state index contributed by atoms with van der Waals surface area (Å²) >= 11 is 0. The molecule has 2 fully saturated rings. The van der Waals surface area contributed by atoms with Crippen molar-refractivity contribution in [3.63, 3.8) is 0 Å². The lowest BCUT2D eigenvalue weighted by molar-refractivity contribution is -0.0420. The van der Waals surface area contributed by atoms with Crippen LogP contribution in [0.15, 0.2) is 0 Å². The van der Waals surface area contributed by atoms with E-state index in [1.165, 1.54) is 32.1 Å². The first-order valence-corrected chi connectivity index (χ1v) is 7.94. The first-order valence-electron chi connectivity index (χ1n) is 7.94. The molecule has 3 unspecified atom stereocenters. The maximum atomic E-state index is 5.98. The number of hydrogen-bond donors (Lipinski definition) is 1. The molecule has 2 aliphatic heterocycles. The van der Waals surface area contributed by atoms with Crippen LogP contribution in [0.1, 0.15) is 39.0 Å². The molecule has 2 heterocycles. The molecule has 0 aliphatic carbocycles. The summed E-state index contributed by atoms with van der Waals surface area (Å²) in [6.07, 6.45) is 6.83. The van der Waals surface area contributed by atoms with Gasteiger partial charge in [0.2, 0.25) is 0 Å². The number of morpholine rings is 1. The van der Waals surface area contributed by atoms with E-state index in [2.05, 4.69) is 24.2 Å². The third-order valence-electron chi connectivity index (χ3n) is 4.23. The van der Waals surface area contributed by atoms with Crippen molar-refractivity contribution in [2.45, 2.75) is 57.3 Å². The smallest absolute Gasteiger partial charge is 0.0855 e. The van der Waals surface area contributed by atoms with Gasteiger partial charge in [-0.15, -0.1) is 0 Å². The molecule has 19 heavy (non-hydrogen) atoms. The Labute approximate surface area is 117 Å². The average molecular weight is 270 g/mol. The molecule has 4 nitrogen and oxygen atoms in total. The normalized spacial score (nSPS) is 30.6. The third kappa shape index (κ3) is 5.03. The van der Waals surface area contributed by atoms with Gasteiger partial charge in [0.05, 0.1) is 18.8 Å². The van der Waals surface area contributed by atoms with Crippen LogP contribution in [-0.2, 0) is 9.47 Å². The summed E-state index contributed by atoms with van der Waals surface area (Å²) in [7, 11) is 2.19. The van der Waals surface area contributed by atoms with Crippen LogP contribution in [-0.4, -0.2) is 63.0 Å². The van der Waals surface area contributed by atoms with Crippen molar-refractivity contribution < 1.29 is 9.47 Å². The summed E-state index contributed by atoms with van der Waals surface area (Å²) in [6.45, 7) is 7.24. The zero-order valence-corrected chi connectivity index (χ0v) is 12.6. The molecule has 0 spiro atoms. The second-order valence-corrected chi connectivity index (χ2v) is 5.94. The number of nitrogens with one attached hydrogen (secondary N) is 1. The second kappa shape index (κ2) is 8.20. The molecule has 3 atom stereocenters. The van der Waals surface area contributed by atoms with Crippen LogP contribution >= 0.6 is 0 Å². The molecule has 0 aromatic heterocycles. The van der Waals surface area contributed by atoms with Crippen LogP contribution in [0, 0.1) is 0 Å². The predicted octanol–water partition coefficient (Wildman–Crippen LogP) is 1.64. The third-order valence-corrected chi connectivity index (χ3v) is 4.23. The second-order valence-electron chi connectivity index (χ2n) is 5.94. The minimum Gasteiger partial charge on any atom is -0.378 e. The van der Waals surface area contributed by atoms with Gasteiger partial charge in [0.25, 0.3) is 0 Å². The van der Waals surface area contributed by atoms with Crippen molar-refractivity contribution in [3.05, 3.63) is 0 Å². The number of nitrogens with zero attached hydrogens (tertiary/aromatic N) is 1. The lowest BCUT2D eigenvalue weighted by Gasteiger charge is -2.36. The van der Waals surface area contributed by atoms with E-state index in [9.17, 15) is 0 Å². The van der Waals surface area contributed by atoms with E-state index in [0.29, 0.717) is 18.2 Å². The minimum absolute atomic E-state index is 0.340. The van der Waals surface area contributed by atoms with Gasteiger partial charge in [-0.3, -0.25) is 0 Å². The topological polar surface area (TPSA) is 33.7 Å². The summed E-state index contributed by atoms with van der Waals surface area (Å²) in [4.78, 5) is 2.38. The van der Waals surface area contributed by atoms with Crippen LogP contribution < -0.4 is 5.32 Å². The van der Waals surface area contributed by atoms with E-state index in [1.807, 2.05) is 0 Å². The summed E-state index contributed by atoms with van der Waals surface area (Å²) in [5.74, 6) is 0. The van der Waals surface area contributed by atoms with Gasteiger partial charge in [-0.1, -0.05) is 6.92 Å². The molecular weight excluding hydrogens is 240 g/mol. The Kier molecular flexibility index (Phi) is 6.57. The molecule has 0 bridgehead atoms. The highest BCUT2D eigenvalue weighted by Gasteiger charge is 2.27. The van der Waals surface area contributed by atoms with Crippen molar-refractivity contribution in [1.29, 1.82) is 0 Å². The highest BCUT2D eigenvalue weighted by atomic mass is 16.5. The molecular formula is C15H30N2O2. The summed E-state index contributed by atoms with van der Waals surface area (Å²) in [6, 6.07) is 0.479. The first kappa shape index (κ1) is 15.2. The van der Waals surface area contributed by atoms with Gasteiger partial charge in [0.1, 0.15) is 0 Å². The van der Waals surface area contributed by atoms with Crippen molar-refractivity contribution >= 4 is 0 Å². The number of ether oxygens (including phenoxy) is 2. The fraction of sp³-hybridized carbons (Fsp3) is 1.00. The van der Waals surface area contributed by atoms with Crippen LogP contribution in [0.25, 0.3) is 0 Å². The van der Waals surface area contributed by atoms with Crippen LogP contribution in [0.2, 0.25) is 0 Å². The average Bonchev–Trinajstić information content (AvgIpc) is 2.92. The van der Waals surface area contributed by atoms with E-state index in [-0.39, 0.29) is 0 Å². The predicted molar refractivity (Wildman–Crippen MR) is 77.5 cm³/mol. The Balaban J connectivity index is 1.79. The zero-order valence-electron chi connectivity index (χ0n) is 12.6. The molecule has 2 saturated heterocycles. The maximum Gasteiger partial charge on any atom is 0.0855 e. The summed E-state index contributed by atoms with van der Waals surface area (Å²) in [5, 5.41) is 3.68. The SMILES string of the molecule is CCCNC(CCC1CCCO1)C1CN(C)CCO1. The van der Waals surface area contributed by atoms with Gasteiger partial charge < -0.3 is 19.7 Å². The van der Waals surface area contributed by atoms with Crippen molar-refractivity contribution in [2.75, 3.05) is 39.9 Å². The highest BCUT2D eigenvalue weighted by molar-refractivity contribution is 4.83. The van der Waals surface area contributed by atoms with Gasteiger partial charge in [0, 0.05) is 25.7 Å². The maximum absolute atomic E-state index is 5.98. The molecule has 0 aromatic carbocycles. The van der Waals surface area contributed by atoms with E-state index in [0.717, 1.165) is 32.8 Å². The monoisotopic (exact) mass is 270 g/mol. The Morgan fingerprint density at radius 1 is 1.32 bits per heavy atom. The van der Waals surface area contributed by atoms with Gasteiger partial charge >= 0.3 is 0 Å². The molecule has 2 aliphatic rings. The van der Waals surface area contributed by atoms with Gasteiger partial charge in [-0.2, -0.15) is 0 Å². The largest absolute Gasteiger partial charge is 0.378 e. The molecule has 112 valence electrons. The van der Waals surface area contributed by atoms with Crippen LogP contribution in [0.5, 0.6) is 0 Å². The Morgan fingerprint density at radius 2 is 2.21 bits per heavy atom. The molecule has 0 saturated carbocycles. The number of likely N-dealkylation sites (N-methyl/N-ethyl adjacent to an activating group) is 1. The Morgan fingerprint density at radius 3 is 2.89 bits per heavy atom. The number of rotatable bonds is 7. The molecule has 4 heteroatoms. The summed E-state index contributed by atoms with van der Waals surface area (Å²) < 4.78 is 11.7. The minimum atomic E-state index is 0.340. The molecule has 2 rings (SSSR count). The van der Waals surface area contributed by atoms with E-state index in [4.69, 9.17) is 9.47 Å². The van der Waals surface area contributed by atoms with E-state index < -0.39 is 0 Å². The van der Waals surface area contributed by atoms with Crippen LogP contribution in [0.3, 0.4) is 0 Å². The van der Waals surface area contributed by atoms with Gasteiger partial charge in [-0.05, 0) is 45.7 Å². The standard InChI is InChI=1S/C15H30N2O2/c1-3-8-16-14(7-6-13-5-4-10-18-13)15-12-17(2)9-11-19-15/h13-16H,3-12H2,1-2H3. The highest BCUT2D eigenvalue weighted by Crippen LogP contribution is 2.20. The molecule has 0 amide bonds. The molecule has 0 aromatic rings. The molecule has 1 N–H and O–H groups in total. The fourth-order valence-corrected chi connectivity index (χ4v) is 3.04. The fourth-order valence-electron chi connectivity index (χ4n) is 3.04. The zero-order chi connectivity index (χ0) is 13.5. The van der Waals surface area contributed by atoms with E-state index >= 15 is 0 Å². The van der Waals surface area contributed by atoms with Crippen molar-refractivity contribution in [3.8, 4) is 0 Å². The first-order chi connectivity index (χ1) is 9.29. The summed E-state index contributed by atoms with van der Waals surface area (Å²) in [5.41, 5.74) is 0. The Bertz CT molecular complexity index is 244. The quantitative estimate of drug-likeness (QED) is 0.762. The Hall–Kier alpha value is -0.160. The van der Waals surface area contributed by atoms with Gasteiger partial charge in [0.15, 0.2) is 0 Å². The lowest BCUT2D eigenvalue weighted by atomic mass is 10.00. The van der Waals surface area contributed by atoms with E-state index in [1.54, 1.807) is 0 Å². The van der Waals surface area contributed by atoms with Crippen LogP contribution in [0.4, 0.5) is 0 Å². The van der Waals surface area contributed by atoms with Crippen molar-refractivity contribution in [2.24, 2.45) is 0 Å². The van der Waals surface area contributed by atoms with Gasteiger partial charge in [-0.25, -0.2) is 0 Å². The number of hydrogen-bond acceptors (Lipinski definition) is 4.